The molecular formula is C33H45N5O. The second-order valence-corrected chi connectivity index (χ2v) is 12.8. The Morgan fingerprint density at radius 2 is 1.79 bits per heavy atom. The predicted octanol–water partition coefficient (Wildman–Crippen LogP) is 5.73. The van der Waals surface area contributed by atoms with Gasteiger partial charge in [0.15, 0.2) is 5.69 Å². The molecule has 3 atom stereocenters. The molecule has 1 aromatic heterocycles. The molecule has 0 saturated heterocycles. The van der Waals surface area contributed by atoms with Crippen LogP contribution in [0.3, 0.4) is 0 Å². The summed E-state index contributed by atoms with van der Waals surface area (Å²) in [5.74, 6) is 0.571. The zero-order chi connectivity index (χ0) is 27.9. The summed E-state index contributed by atoms with van der Waals surface area (Å²) >= 11 is 0. The first kappa shape index (κ1) is 27.6. The van der Waals surface area contributed by atoms with Gasteiger partial charge in [-0.25, -0.2) is 0 Å². The second kappa shape index (κ2) is 10.5. The van der Waals surface area contributed by atoms with E-state index < -0.39 is 0 Å². The average molecular weight is 528 g/mol. The van der Waals surface area contributed by atoms with E-state index in [0.29, 0.717) is 31.4 Å². The Morgan fingerprint density at radius 1 is 1.08 bits per heavy atom. The third-order valence-corrected chi connectivity index (χ3v) is 9.80. The summed E-state index contributed by atoms with van der Waals surface area (Å²) in [7, 11) is 0. The first-order valence-corrected chi connectivity index (χ1v) is 14.5. The highest BCUT2D eigenvalue weighted by molar-refractivity contribution is 5.96. The van der Waals surface area contributed by atoms with E-state index in [9.17, 15) is 4.79 Å². The van der Waals surface area contributed by atoms with Gasteiger partial charge in [-0.2, -0.15) is 5.10 Å². The normalized spacial score (nSPS) is 23.4. The van der Waals surface area contributed by atoms with Crippen LogP contribution in [0.15, 0.2) is 42.5 Å². The van der Waals surface area contributed by atoms with Crippen LogP contribution >= 0.6 is 0 Å². The van der Waals surface area contributed by atoms with Crippen molar-refractivity contribution in [2.75, 3.05) is 6.67 Å². The molecule has 1 heterocycles. The molecule has 2 saturated carbocycles. The topological polar surface area (TPSA) is 85.0 Å². The minimum absolute atomic E-state index is 0.0683. The molecule has 208 valence electrons. The third-order valence-electron chi connectivity index (χ3n) is 9.80. The van der Waals surface area contributed by atoms with Gasteiger partial charge in [-0.05, 0) is 84.6 Å². The number of nitrogens with one attached hydrogen (secondary N) is 2. The molecule has 2 aliphatic rings. The highest BCUT2D eigenvalue weighted by Gasteiger charge is 2.59. The number of carbonyl (C=O) groups is 1. The van der Waals surface area contributed by atoms with Crippen molar-refractivity contribution >= 4 is 5.91 Å². The van der Waals surface area contributed by atoms with Crippen LogP contribution < -0.4 is 16.4 Å². The maximum absolute atomic E-state index is 14.1. The standard InChI is InChI=1S/C33H45N5O/c1-7-23-9-11-24(12-10-23)19-38-29(25-13-8-21(2)22(3)16-25)27(18-35-20-34)28(37-38)30(39)36-31-32(4,5)26-14-15-33(31,6)17-26/h8-13,16,26,31,35H,7,14-15,17-20,34H2,1-6H3,(H,36,39). The lowest BCUT2D eigenvalue weighted by atomic mass is 9.68. The number of fused-ring (bicyclic) bond motifs is 2. The molecule has 2 fully saturated rings. The van der Waals surface area contributed by atoms with Crippen LogP contribution in [0.4, 0.5) is 0 Å². The van der Waals surface area contributed by atoms with Gasteiger partial charge in [-0.1, -0.05) is 64.1 Å². The Hall–Kier alpha value is -2.96. The highest BCUT2D eigenvalue weighted by atomic mass is 16.2. The number of rotatable bonds is 9. The summed E-state index contributed by atoms with van der Waals surface area (Å²) in [6.45, 7) is 14.8. The first-order chi connectivity index (χ1) is 18.6. The minimum atomic E-state index is -0.0826. The van der Waals surface area contributed by atoms with E-state index in [-0.39, 0.29) is 22.8 Å². The lowest BCUT2D eigenvalue weighted by molar-refractivity contribution is 0.0731. The maximum Gasteiger partial charge on any atom is 0.272 e. The fourth-order valence-corrected chi connectivity index (χ4v) is 7.29. The fourth-order valence-electron chi connectivity index (χ4n) is 7.29. The summed E-state index contributed by atoms with van der Waals surface area (Å²) < 4.78 is 2.02. The van der Waals surface area contributed by atoms with Crippen LogP contribution in [0.2, 0.25) is 0 Å². The van der Waals surface area contributed by atoms with Crippen molar-refractivity contribution in [2.24, 2.45) is 22.5 Å². The summed E-state index contributed by atoms with van der Waals surface area (Å²) in [6.07, 6.45) is 4.61. The Morgan fingerprint density at radius 3 is 2.41 bits per heavy atom. The molecule has 1 amide bonds. The molecular weight excluding hydrogens is 482 g/mol. The molecule has 2 aromatic carbocycles. The molecule has 5 rings (SSSR count). The van der Waals surface area contributed by atoms with Crippen LogP contribution in [0.25, 0.3) is 11.3 Å². The number of carbonyl (C=O) groups excluding carboxylic acids is 1. The fraction of sp³-hybridized carbons (Fsp3) is 0.515. The smallest absolute Gasteiger partial charge is 0.272 e. The van der Waals surface area contributed by atoms with Gasteiger partial charge in [0, 0.05) is 30.4 Å². The molecule has 0 spiro atoms. The van der Waals surface area contributed by atoms with Crippen molar-refractivity contribution in [3.05, 3.63) is 76.0 Å². The molecule has 3 aromatic rings. The SMILES string of the molecule is CCc1ccc(Cn2nc(C(=O)NC3C4(C)CCC(C4)C3(C)C)c(CNCN)c2-c2ccc(C)c(C)c2)cc1. The minimum Gasteiger partial charge on any atom is -0.347 e. The van der Waals surface area contributed by atoms with E-state index in [1.165, 1.54) is 36.0 Å². The van der Waals surface area contributed by atoms with E-state index in [0.717, 1.165) is 28.8 Å². The number of aryl methyl sites for hydroxylation is 3. The second-order valence-electron chi connectivity index (χ2n) is 12.8. The zero-order valence-electron chi connectivity index (χ0n) is 24.5. The van der Waals surface area contributed by atoms with Crippen molar-refractivity contribution in [1.82, 2.24) is 20.4 Å². The van der Waals surface area contributed by atoms with E-state index in [4.69, 9.17) is 10.8 Å². The van der Waals surface area contributed by atoms with Crippen molar-refractivity contribution in [2.45, 2.75) is 86.4 Å². The molecule has 2 bridgehead atoms. The van der Waals surface area contributed by atoms with Crippen LogP contribution in [-0.2, 0) is 19.5 Å². The lowest BCUT2D eigenvalue weighted by Crippen LogP contribution is -2.52. The number of benzene rings is 2. The first-order valence-electron chi connectivity index (χ1n) is 14.5. The van der Waals surface area contributed by atoms with Crippen molar-refractivity contribution in [3.63, 3.8) is 0 Å². The lowest BCUT2D eigenvalue weighted by Gasteiger charge is -2.43. The molecule has 4 N–H and O–H groups in total. The number of hydrogen-bond donors (Lipinski definition) is 3. The number of nitrogens with two attached hydrogens (primary N) is 1. The van der Waals surface area contributed by atoms with E-state index in [1.807, 2.05) is 4.68 Å². The molecule has 6 heteroatoms. The highest BCUT2D eigenvalue weighted by Crippen LogP contribution is 2.62. The number of aromatic nitrogens is 2. The van der Waals surface area contributed by atoms with Gasteiger partial charge in [-0.3, -0.25) is 9.48 Å². The van der Waals surface area contributed by atoms with Crippen LogP contribution in [0, 0.1) is 30.6 Å². The summed E-state index contributed by atoms with van der Waals surface area (Å²) in [5, 5.41) is 11.8. The van der Waals surface area contributed by atoms with E-state index in [2.05, 4.69) is 94.6 Å². The van der Waals surface area contributed by atoms with E-state index in [1.54, 1.807) is 0 Å². The number of amides is 1. The molecule has 0 radical (unpaired) electrons. The van der Waals surface area contributed by atoms with Crippen molar-refractivity contribution in [3.8, 4) is 11.3 Å². The van der Waals surface area contributed by atoms with Gasteiger partial charge in [0.2, 0.25) is 0 Å². The Bertz CT molecular complexity index is 1350. The molecule has 3 unspecified atom stereocenters. The van der Waals surface area contributed by atoms with Gasteiger partial charge in [0.25, 0.3) is 5.91 Å². The van der Waals surface area contributed by atoms with Crippen LogP contribution in [0.1, 0.15) is 85.3 Å². The van der Waals surface area contributed by atoms with Crippen LogP contribution in [0.5, 0.6) is 0 Å². The van der Waals surface area contributed by atoms with Gasteiger partial charge >= 0.3 is 0 Å². The van der Waals surface area contributed by atoms with Crippen molar-refractivity contribution < 1.29 is 4.79 Å². The molecule has 2 aliphatic carbocycles. The van der Waals surface area contributed by atoms with Gasteiger partial charge in [-0.15, -0.1) is 0 Å². The third kappa shape index (κ3) is 5.05. The summed E-state index contributed by atoms with van der Waals surface area (Å²) in [5.41, 5.74) is 14.4. The Balaban J connectivity index is 1.59. The summed E-state index contributed by atoms with van der Waals surface area (Å²) in [4.78, 5) is 14.1. The largest absolute Gasteiger partial charge is 0.347 e. The summed E-state index contributed by atoms with van der Waals surface area (Å²) in [6, 6.07) is 15.3. The average Bonchev–Trinajstić information content (AvgIpc) is 3.54. The maximum atomic E-state index is 14.1. The van der Waals surface area contributed by atoms with E-state index >= 15 is 0 Å². The quantitative estimate of drug-likeness (QED) is 0.310. The Labute approximate surface area is 233 Å². The monoisotopic (exact) mass is 527 g/mol. The molecule has 39 heavy (non-hydrogen) atoms. The van der Waals surface area contributed by atoms with Gasteiger partial charge < -0.3 is 16.4 Å². The number of nitrogens with zero attached hydrogens (tertiary/aromatic N) is 2. The van der Waals surface area contributed by atoms with Gasteiger partial charge in [0.05, 0.1) is 12.2 Å². The zero-order valence-corrected chi connectivity index (χ0v) is 24.5. The number of hydrogen-bond acceptors (Lipinski definition) is 4. The van der Waals surface area contributed by atoms with Gasteiger partial charge in [0.1, 0.15) is 0 Å². The van der Waals surface area contributed by atoms with Crippen molar-refractivity contribution in [1.29, 1.82) is 0 Å². The molecule has 0 aliphatic heterocycles. The molecule has 6 nitrogen and oxygen atoms in total. The predicted molar refractivity (Wildman–Crippen MR) is 158 cm³/mol. The Kier molecular flexibility index (Phi) is 7.47. The van der Waals surface area contributed by atoms with Crippen LogP contribution in [-0.4, -0.2) is 28.4 Å².